The molecular formula is C25H35NO3S. The smallest absolute Gasteiger partial charge is 0.211 e. The maximum atomic E-state index is 10.9. The van der Waals surface area contributed by atoms with Gasteiger partial charge in [-0.25, -0.2) is 0 Å². The number of hydrogen-bond acceptors (Lipinski definition) is 4. The number of thioether (sulfide) groups is 1. The second kappa shape index (κ2) is 15.6. The first-order valence-corrected chi connectivity index (χ1v) is 11.3. The van der Waals surface area contributed by atoms with Gasteiger partial charge in [0.1, 0.15) is 12.4 Å². The van der Waals surface area contributed by atoms with E-state index >= 15 is 0 Å². The Hall–Kier alpha value is -2.24. The van der Waals surface area contributed by atoms with Gasteiger partial charge in [-0.15, -0.1) is 0 Å². The molecule has 0 aromatic heterocycles. The third-order valence-corrected chi connectivity index (χ3v) is 5.34. The molecule has 0 radical (unpaired) electrons. The molecule has 0 fully saturated rings. The average Bonchev–Trinajstić information content (AvgIpc) is 2.75. The van der Waals surface area contributed by atoms with Gasteiger partial charge < -0.3 is 14.8 Å². The zero-order valence-corrected chi connectivity index (χ0v) is 19.7. The van der Waals surface area contributed by atoms with Crippen molar-refractivity contribution in [1.82, 2.24) is 0 Å². The van der Waals surface area contributed by atoms with E-state index in [1.807, 2.05) is 25.1 Å². The number of allylic oxidation sites excluding steroid dienone is 5. The van der Waals surface area contributed by atoms with E-state index in [0.717, 1.165) is 47.4 Å². The highest BCUT2D eigenvalue weighted by Crippen LogP contribution is 2.31. The van der Waals surface area contributed by atoms with Crippen molar-refractivity contribution < 1.29 is 14.3 Å². The minimum Gasteiger partial charge on any atom is -0.491 e. The molecule has 1 N–H and O–H groups in total. The summed E-state index contributed by atoms with van der Waals surface area (Å²) in [6.07, 6.45) is 12.4. The van der Waals surface area contributed by atoms with Crippen LogP contribution in [0.4, 0.5) is 5.69 Å². The molecule has 0 aliphatic carbocycles. The van der Waals surface area contributed by atoms with Crippen molar-refractivity contribution in [3.63, 3.8) is 0 Å². The number of ether oxygens (including phenoxy) is 2. The van der Waals surface area contributed by atoms with Crippen molar-refractivity contribution in [3.05, 3.63) is 69.5 Å². The minimum absolute atomic E-state index is 0.447. The van der Waals surface area contributed by atoms with E-state index in [0.29, 0.717) is 19.6 Å². The first kappa shape index (κ1) is 25.8. The molecule has 1 amide bonds. The Kier molecular flexibility index (Phi) is 13.4. The van der Waals surface area contributed by atoms with Gasteiger partial charge in [-0.05, 0) is 61.4 Å². The maximum Gasteiger partial charge on any atom is 0.211 e. The molecule has 164 valence electrons. The molecule has 0 aliphatic heterocycles. The summed E-state index contributed by atoms with van der Waals surface area (Å²) in [7, 11) is 1.66. The van der Waals surface area contributed by atoms with Crippen LogP contribution in [-0.4, -0.2) is 26.7 Å². The summed E-state index contributed by atoms with van der Waals surface area (Å²) in [4.78, 5) is 12.1. The maximum absolute atomic E-state index is 10.9. The van der Waals surface area contributed by atoms with Crippen LogP contribution >= 0.6 is 11.8 Å². The summed E-state index contributed by atoms with van der Waals surface area (Å²) in [5.74, 6) is 0.765. The first-order valence-electron chi connectivity index (χ1n) is 10.4. The van der Waals surface area contributed by atoms with Crippen LogP contribution in [-0.2, 0) is 14.3 Å². The van der Waals surface area contributed by atoms with Crippen LogP contribution in [0.3, 0.4) is 0 Å². The Labute approximate surface area is 186 Å². The topological polar surface area (TPSA) is 47.6 Å². The fraction of sp³-hybridized carbons (Fsp3) is 0.400. The highest BCUT2D eigenvalue weighted by molar-refractivity contribution is 8.06. The number of aryl methyl sites for hydroxylation is 1. The molecule has 30 heavy (non-hydrogen) atoms. The number of benzene rings is 1. The van der Waals surface area contributed by atoms with Gasteiger partial charge in [-0.3, -0.25) is 4.79 Å². The second-order valence-electron chi connectivity index (χ2n) is 6.64. The van der Waals surface area contributed by atoms with Crippen LogP contribution < -0.4 is 5.32 Å². The second-order valence-corrected chi connectivity index (χ2v) is 7.59. The normalized spacial score (nSPS) is 13.0. The van der Waals surface area contributed by atoms with Crippen LogP contribution in [0.15, 0.2) is 58.4 Å². The van der Waals surface area contributed by atoms with Crippen molar-refractivity contribution in [2.24, 2.45) is 0 Å². The van der Waals surface area contributed by atoms with E-state index < -0.39 is 0 Å². The van der Waals surface area contributed by atoms with Gasteiger partial charge in [0.15, 0.2) is 0 Å². The molecule has 1 rings (SSSR count). The fourth-order valence-electron chi connectivity index (χ4n) is 2.67. The van der Waals surface area contributed by atoms with E-state index in [1.54, 1.807) is 18.9 Å². The van der Waals surface area contributed by atoms with Crippen LogP contribution in [0, 0.1) is 6.92 Å². The SMILES string of the molecule is C/C=C(S/C=C\CC)/C(=C\CCC)/C=C(/OCCOC)c1cc(NC=O)ccc1C. The van der Waals surface area contributed by atoms with E-state index in [1.165, 1.54) is 4.91 Å². The number of anilines is 1. The molecule has 0 heterocycles. The molecule has 0 unspecified atom stereocenters. The van der Waals surface area contributed by atoms with Crippen molar-refractivity contribution in [2.45, 2.75) is 47.0 Å². The standard InChI is InChI=1S/C25H35NO3S/c1-6-9-11-21(25(8-3)30-16-10-7-2)17-24(29-15-14-28-5)23-18-22(26-19-27)13-12-20(23)4/h8,10-13,16-19H,6-7,9,14-15H2,1-5H3,(H,26,27)/b16-10-,21-11-,24-17+,25-8-. The van der Waals surface area contributed by atoms with Crippen molar-refractivity contribution in [3.8, 4) is 0 Å². The zero-order valence-electron chi connectivity index (χ0n) is 18.9. The molecule has 1 aromatic rings. The Morgan fingerprint density at radius 1 is 1.23 bits per heavy atom. The number of unbranched alkanes of at least 4 members (excludes halogenated alkanes) is 1. The lowest BCUT2D eigenvalue weighted by atomic mass is 10.0. The van der Waals surface area contributed by atoms with Crippen LogP contribution in [0.25, 0.3) is 5.76 Å². The molecule has 1 aromatic carbocycles. The Bertz CT molecular complexity index is 779. The highest BCUT2D eigenvalue weighted by atomic mass is 32.2. The molecule has 4 nitrogen and oxygen atoms in total. The summed E-state index contributed by atoms with van der Waals surface area (Å²) in [6, 6.07) is 5.81. The molecule has 0 saturated carbocycles. The van der Waals surface area contributed by atoms with Crippen LogP contribution in [0.2, 0.25) is 0 Å². The fourth-order valence-corrected chi connectivity index (χ4v) is 3.52. The number of carbonyl (C=O) groups is 1. The van der Waals surface area contributed by atoms with Crippen molar-refractivity contribution in [1.29, 1.82) is 0 Å². The summed E-state index contributed by atoms with van der Waals surface area (Å²) in [5.41, 5.74) is 3.89. The lowest BCUT2D eigenvalue weighted by Crippen LogP contribution is -2.04. The first-order chi connectivity index (χ1) is 14.6. The number of amides is 1. The summed E-state index contributed by atoms with van der Waals surface area (Å²) >= 11 is 1.71. The summed E-state index contributed by atoms with van der Waals surface area (Å²) in [5, 5.41) is 4.86. The van der Waals surface area contributed by atoms with Gasteiger partial charge in [0.05, 0.1) is 6.61 Å². The van der Waals surface area contributed by atoms with Gasteiger partial charge >= 0.3 is 0 Å². The van der Waals surface area contributed by atoms with E-state index in [2.05, 4.69) is 55.8 Å². The highest BCUT2D eigenvalue weighted by Gasteiger charge is 2.11. The molecule has 0 spiro atoms. The zero-order chi connectivity index (χ0) is 22.2. The molecule has 0 aliphatic rings. The quantitative estimate of drug-likeness (QED) is 0.152. The number of rotatable bonds is 14. The molecule has 0 saturated heterocycles. The Balaban J connectivity index is 3.44. The molecule has 5 heteroatoms. The van der Waals surface area contributed by atoms with E-state index in [9.17, 15) is 4.79 Å². The van der Waals surface area contributed by atoms with Crippen molar-refractivity contribution >= 4 is 29.6 Å². The third kappa shape index (κ3) is 9.06. The predicted octanol–water partition coefficient (Wildman–Crippen LogP) is 6.85. The number of methoxy groups -OCH3 is 1. The van der Waals surface area contributed by atoms with Crippen LogP contribution in [0.1, 0.15) is 51.2 Å². The van der Waals surface area contributed by atoms with Gasteiger partial charge in [0.25, 0.3) is 0 Å². The summed E-state index contributed by atoms with van der Waals surface area (Å²) < 4.78 is 11.3. The number of nitrogens with one attached hydrogen (secondary N) is 1. The number of hydrogen-bond donors (Lipinski definition) is 1. The Morgan fingerprint density at radius 2 is 2.03 bits per heavy atom. The Morgan fingerprint density at radius 3 is 2.67 bits per heavy atom. The lowest BCUT2D eigenvalue weighted by molar-refractivity contribution is -0.105. The predicted molar refractivity (Wildman–Crippen MR) is 130 cm³/mol. The van der Waals surface area contributed by atoms with Gasteiger partial charge in [-0.2, -0.15) is 0 Å². The summed E-state index contributed by atoms with van der Waals surface area (Å²) in [6.45, 7) is 9.35. The molecular weight excluding hydrogens is 394 g/mol. The minimum atomic E-state index is 0.447. The van der Waals surface area contributed by atoms with Gasteiger partial charge in [0.2, 0.25) is 6.41 Å². The molecule has 0 bridgehead atoms. The van der Waals surface area contributed by atoms with Gasteiger partial charge in [-0.1, -0.05) is 56.3 Å². The number of carbonyl (C=O) groups excluding carboxylic acids is 1. The lowest BCUT2D eigenvalue weighted by Gasteiger charge is -2.16. The largest absolute Gasteiger partial charge is 0.491 e. The van der Waals surface area contributed by atoms with Crippen LogP contribution in [0.5, 0.6) is 0 Å². The third-order valence-electron chi connectivity index (χ3n) is 4.29. The van der Waals surface area contributed by atoms with Gasteiger partial charge in [0, 0.05) is 23.3 Å². The monoisotopic (exact) mass is 429 g/mol. The average molecular weight is 430 g/mol. The van der Waals surface area contributed by atoms with E-state index in [-0.39, 0.29) is 0 Å². The van der Waals surface area contributed by atoms with E-state index in [4.69, 9.17) is 9.47 Å². The van der Waals surface area contributed by atoms with Crippen molar-refractivity contribution in [2.75, 3.05) is 25.6 Å². The molecule has 0 atom stereocenters.